The fourth-order valence-electron chi connectivity index (χ4n) is 4.22. The number of rotatable bonds is 5. The molecule has 2 aromatic carbocycles. The lowest BCUT2D eigenvalue weighted by Crippen LogP contribution is -2.28. The van der Waals surface area contributed by atoms with Gasteiger partial charge in [-0.25, -0.2) is 9.78 Å². The Hall–Kier alpha value is -3.19. The van der Waals surface area contributed by atoms with Gasteiger partial charge in [-0.15, -0.1) is 0 Å². The Morgan fingerprint density at radius 2 is 2.10 bits per heavy atom. The molecule has 3 N–H and O–H groups in total. The van der Waals surface area contributed by atoms with Gasteiger partial charge in [0.2, 0.25) is 0 Å². The van der Waals surface area contributed by atoms with Crippen molar-refractivity contribution in [2.24, 2.45) is 7.05 Å². The first-order valence-corrected chi connectivity index (χ1v) is 10.2. The van der Waals surface area contributed by atoms with Gasteiger partial charge >= 0.3 is 5.97 Å². The second-order valence-corrected chi connectivity index (χ2v) is 7.95. The summed E-state index contributed by atoms with van der Waals surface area (Å²) in [4.78, 5) is 29.6. The molecular formula is C23H26N4O3. The number of carboxylic acids is 1. The summed E-state index contributed by atoms with van der Waals surface area (Å²) in [6, 6.07) is 10.5. The van der Waals surface area contributed by atoms with Crippen molar-refractivity contribution in [3.63, 3.8) is 0 Å². The minimum absolute atomic E-state index is 0.0632. The van der Waals surface area contributed by atoms with E-state index in [1.165, 1.54) is 0 Å². The van der Waals surface area contributed by atoms with Gasteiger partial charge in [-0.3, -0.25) is 9.36 Å². The van der Waals surface area contributed by atoms with Crippen LogP contribution in [-0.2, 0) is 7.05 Å². The number of hydrogen-bond donors (Lipinski definition) is 3. The van der Waals surface area contributed by atoms with Crippen LogP contribution in [0.1, 0.15) is 59.2 Å². The molecule has 0 radical (unpaired) electrons. The molecule has 7 nitrogen and oxygen atoms in total. The predicted molar refractivity (Wildman–Crippen MR) is 117 cm³/mol. The number of nitrogens with one attached hydrogen (secondary N) is 2. The maximum Gasteiger partial charge on any atom is 0.337 e. The van der Waals surface area contributed by atoms with E-state index in [4.69, 9.17) is 4.98 Å². The van der Waals surface area contributed by atoms with Gasteiger partial charge in [0.15, 0.2) is 0 Å². The molecule has 2 atom stereocenters. The number of carbonyl (C=O) groups is 1. The van der Waals surface area contributed by atoms with E-state index in [2.05, 4.69) is 10.6 Å². The molecule has 0 saturated carbocycles. The zero-order chi connectivity index (χ0) is 21.4. The molecule has 0 bridgehead atoms. The van der Waals surface area contributed by atoms with Gasteiger partial charge in [0, 0.05) is 18.3 Å². The largest absolute Gasteiger partial charge is 0.478 e. The van der Waals surface area contributed by atoms with E-state index >= 15 is 0 Å². The normalized spacial score (nSPS) is 17.2. The highest BCUT2D eigenvalue weighted by molar-refractivity contribution is 5.94. The third-order valence-electron chi connectivity index (χ3n) is 5.76. The highest BCUT2D eigenvalue weighted by atomic mass is 16.4. The molecule has 1 fully saturated rings. The molecule has 1 aliphatic rings. The average molecular weight is 406 g/mol. The Kier molecular flexibility index (Phi) is 5.30. The Bertz CT molecular complexity index is 1180. The van der Waals surface area contributed by atoms with Crippen LogP contribution in [0.2, 0.25) is 0 Å². The number of benzene rings is 2. The molecule has 4 rings (SSSR count). The molecule has 2 heterocycles. The van der Waals surface area contributed by atoms with E-state index in [1.807, 2.05) is 26.0 Å². The van der Waals surface area contributed by atoms with Crippen LogP contribution in [-0.4, -0.2) is 27.2 Å². The van der Waals surface area contributed by atoms with Gasteiger partial charge in [0.1, 0.15) is 5.82 Å². The third kappa shape index (κ3) is 3.57. The maximum atomic E-state index is 13.1. The minimum atomic E-state index is -0.985. The van der Waals surface area contributed by atoms with E-state index in [0.717, 1.165) is 36.3 Å². The first kappa shape index (κ1) is 20.1. The zero-order valence-electron chi connectivity index (χ0n) is 17.4. The van der Waals surface area contributed by atoms with Crippen molar-refractivity contribution in [1.29, 1.82) is 0 Å². The molecular weight excluding hydrogens is 380 g/mol. The summed E-state index contributed by atoms with van der Waals surface area (Å²) in [6.07, 6.45) is 2.01. The molecule has 0 amide bonds. The number of nitrogens with zero attached hydrogens (tertiary/aromatic N) is 2. The molecule has 0 aliphatic carbocycles. The number of aromatic carboxylic acids is 1. The summed E-state index contributed by atoms with van der Waals surface area (Å²) in [7, 11) is 1.77. The summed E-state index contributed by atoms with van der Waals surface area (Å²) in [6.45, 7) is 4.83. The van der Waals surface area contributed by atoms with Crippen LogP contribution in [0.5, 0.6) is 0 Å². The fraction of sp³-hybridized carbons (Fsp3) is 0.348. The quantitative estimate of drug-likeness (QED) is 0.600. The topological polar surface area (TPSA) is 96.2 Å². The molecule has 3 aromatic rings. The molecule has 1 saturated heterocycles. The summed E-state index contributed by atoms with van der Waals surface area (Å²) < 4.78 is 1.65. The Balaban J connectivity index is 1.84. The Morgan fingerprint density at radius 1 is 1.33 bits per heavy atom. The van der Waals surface area contributed by atoms with Crippen LogP contribution in [0.25, 0.3) is 10.9 Å². The number of hydrogen-bond acceptors (Lipinski definition) is 5. The molecule has 1 aromatic heterocycles. The Morgan fingerprint density at radius 3 is 2.80 bits per heavy atom. The van der Waals surface area contributed by atoms with Crippen molar-refractivity contribution in [2.45, 2.75) is 38.8 Å². The highest BCUT2D eigenvalue weighted by Crippen LogP contribution is 2.29. The first-order valence-electron chi connectivity index (χ1n) is 10.2. The lowest BCUT2D eigenvalue weighted by molar-refractivity contribution is 0.0698. The molecule has 30 heavy (non-hydrogen) atoms. The maximum absolute atomic E-state index is 13.1. The second-order valence-electron chi connectivity index (χ2n) is 7.95. The standard InChI is InChI=1S/C23H26N4O3/c1-13-11-16(14(2)25-18-8-5-4-7-15(18)23(29)30)20-17(12-13)22(28)27(3)21(26-20)19-9-6-10-24-19/h4-5,7-8,11-12,14,19,24-25H,6,9-10H2,1-3H3,(H,29,30). The minimum Gasteiger partial charge on any atom is -0.478 e. The zero-order valence-corrected chi connectivity index (χ0v) is 17.4. The number of para-hydroxylation sites is 1. The summed E-state index contributed by atoms with van der Waals surface area (Å²) in [5.74, 6) is -0.241. The van der Waals surface area contributed by atoms with Crippen molar-refractivity contribution < 1.29 is 9.90 Å². The van der Waals surface area contributed by atoms with Crippen molar-refractivity contribution in [2.75, 3.05) is 11.9 Å². The van der Waals surface area contributed by atoms with Gasteiger partial charge < -0.3 is 15.7 Å². The van der Waals surface area contributed by atoms with Gasteiger partial charge in [-0.2, -0.15) is 0 Å². The van der Waals surface area contributed by atoms with Crippen molar-refractivity contribution in [1.82, 2.24) is 14.9 Å². The van der Waals surface area contributed by atoms with Gasteiger partial charge in [-0.05, 0) is 57.0 Å². The van der Waals surface area contributed by atoms with E-state index in [9.17, 15) is 14.7 Å². The van der Waals surface area contributed by atoms with Crippen LogP contribution in [0, 0.1) is 6.92 Å². The lowest BCUT2D eigenvalue weighted by Gasteiger charge is -2.21. The van der Waals surface area contributed by atoms with E-state index in [1.54, 1.807) is 35.9 Å². The number of carboxylic acid groups (broad SMARTS) is 1. The van der Waals surface area contributed by atoms with Crippen molar-refractivity contribution in [3.8, 4) is 0 Å². The Labute approximate surface area is 174 Å². The lowest BCUT2D eigenvalue weighted by atomic mass is 10.00. The van der Waals surface area contributed by atoms with E-state index in [-0.39, 0.29) is 23.2 Å². The van der Waals surface area contributed by atoms with Crippen LogP contribution < -0.4 is 16.2 Å². The monoisotopic (exact) mass is 406 g/mol. The van der Waals surface area contributed by atoms with Crippen molar-refractivity contribution in [3.05, 3.63) is 69.3 Å². The summed E-state index contributed by atoms with van der Waals surface area (Å²) in [5, 5.41) is 16.8. The number of aryl methyl sites for hydroxylation is 1. The summed E-state index contributed by atoms with van der Waals surface area (Å²) in [5.41, 5.74) is 3.19. The van der Waals surface area contributed by atoms with E-state index in [0.29, 0.717) is 16.6 Å². The van der Waals surface area contributed by atoms with Crippen LogP contribution in [0.4, 0.5) is 5.69 Å². The van der Waals surface area contributed by atoms with Crippen LogP contribution in [0.3, 0.4) is 0 Å². The highest BCUT2D eigenvalue weighted by Gasteiger charge is 2.24. The first-order chi connectivity index (χ1) is 14.4. The summed E-state index contributed by atoms with van der Waals surface area (Å²) >= 11 is 0. The second kappa shape index (κ2) is 7.91. The van der Waals surface area contributed by atoms with Gasteiger partial charge in [-0.1, -0.05) is 18.2 Å². The van der Waals surface area contributed by atoms with Gasteiger partial charge in [0.05, 0.1) is 28.6 Å². The van der Waals surface area contributed by atoms with E-state index < -0.39 is 5.97 Å². The van der Waals surface area contributed by atoms with Crippen molar-refractivity contribution >= 4 is 22.6 Å². The molecule has 1 aliphatic heterocycles. The van der Waals surface area contributed by atoms with Crippen LogP contribution in [0.15, 0.2) is 41.2 Å². The number of anilines is 1. The smallest absolute Gasteiger partial charge is 0.337 e. The molecule has 7 heteroatoms. The average Bonchev–Trinajstić information content (AvgIpc) is 3.25. The SMILES string of the molecule is Cc1cc(C(C)Nc2ccccc2C(=O)O)c2nc(C3CCCN3)n(C)c(=O)c2c1. The number of fused-ring (bicyclic) bond motifs is 1. The third-order valence-corrected chi connectivity index (χ3v) is 5.76. The number of aromatic nitrogens is 2. The van der Waals surface area contributed by atoms with Crippen LogP contribution >= 0.6 is 0 Å². The molecule has 0 spiro atoms. The molecule has 156 valence electrons. The molecule has 2 unspecified atom stereocenters. The fourth-order valence-corrected chi connectivity index (χ4v) is 4.22. The predicted octanol–water partition coefficient (Wildman–Crippen LogP) is 3.54. The van der Waals surface area contributed by atoms with Gasteiger partial charge in [0.25, 0.3) is 5.56 Å².